The topological polar surface area (TPSA) is 88.9 Å². The lowest BCUT2D eigenvalue weighted by molar-refractivity contribution is -0.137. The van der Waals surface area contributed by atoms with E-state index in [9.17, 15) is 18.3 Å². The van der Waals surface area contributed by atoms with Gasteiger partial charge in [0.25, 0.3) is 0 Å². The number of aliphatic hydroxyl groups is 1. The zero-order chi connectivity index (χ0) is 18.0. The van der Waals surface area contributed by atoms with Crippen LogP contribution in [-0.4, -0.2) is 34.0 Å². The Morgan fingerprint density at radius 2 is 2.08 bits per heavy atom. The van der Waals surface area contributed by atoms with Crippen LogP contribution in [0.3, 0.4) is 0 Å². The Balaban J connectivity index is 1.96. The van der Waals surface area contributed by atoms with Gasteiger partial charge in [-0.15, -0.1) is 5.10 Å². The summed E-state index contributed by atoms with van der Waals surface area (Å²) in [5.41, 5.74) is 2.49. The molecule has 2 N–H and O–H groups in total. The van der Waals surface area contributed by atoms with Crippen molar-refractivity contribution in [3.8, 4) is 11.6 Å². The molecule has 2 aromatic rings. The van der Waals surface area contributed by atoms with Gasteiger partial charge in [0.2, 0.25) is 5.88 Å². The van der Waals surface area contributed by atoms with Crippen LogP contribution in [0, 0.1) is 6.92 Å². The summed E-state index contributed by atoms with van der Waals surface area (Å²) in [6.45, 7) is 1.63. The predicted molar refractivity (Wildman–Crippen MR) is 79.9 cm³/mol. The molecule has 1 atom stereocenters. The minimum atomic E-state index is -4.49. The molecule has 0 aliphatic carbocycles. The van der Waals surface area contributed by atoms with Crippen LogP contribution in [0.4, 0.5) is 13.2 Å². The van der Waals surface area contributed by atoms with Crippen LogP contribution in [-0.2, 0) is 11.0 Å². The lowest BCUT2D eigenvalue weighted by atomic mass is 10.2. The largest absolute Gasteiger partial charge is 0.437 e. The van der Waals surface area contributed by atoms with Gasteiger partial charge in [-0.05, 0) is 31.2 Å². The molecule has 0 bridgehead atoms. The maximum atomic E-state index is 12.8. The maximum Gasteiger partial charge on any atom is 0.416 e. The third-order valence-electron chi connectivity index (χ3n) is 3.19. The number of aliphatic imine (C=N–C) groups is 1. The molecule has 0 unspecified atom stereocenters. The van der Waals surface area contributed by atoms with Gasteiger partial charge >= 0.3 is 6.18 Å². The third-order valence-corrected chi connectivity index (χ3v) is 3.19. The fraction of sp³-hybridized carbons (Fsp3) is 0.267. The number of hydrogen-bond donors (Lipinski definition) is 2. The number of hydroxylamine groups is 1. The molecule has 3 rings (SSSR count). The van der Waals surface area contributed by atoms with Gasteiger partial charge in [0.1, 0.15) is 12.4 Å². The van der Waals surface area contributed by atoms with E-state index < -0.39 is 18.0 Å². The lowest BCUT2D eigenvalue weighted by Gasteiger charge is -2.19. The number of aryl methyl sites for hydroxylation is 1. The number of nitrogens with zero attached hydrogens (tertiary/aromatic N) is 3. The molecular weight excluding hydrogens is 341 g/mol. The summed E-state index contributed by atoms with van der Waals surface area (Å²) in [6, 6.07) is 5.94. The van der Waals surface area contributed by atoms with E-state index in [-0.39, 0.29) is 24.1 Å². The zero-order valence-electron chi connectivity index (χ0n) is 12.9. The highest BCUT2D eigenvalue weighted by Gasteiger charge is 2.31. The molecule has 0 spiro atoms. The number of halogens is 3. The Morgan fingerprint density at radius 3 is 2.80 bits per heavy atom. The molecule has 1 aromatic carbocycles. The molecule has 132 valence electrons. The minimum absolute atomic E-state index is 0.0369. The molecule has 0 fully saturated rings. The number of alkyl halides is 3. The van der Waals surface area contributed by atoms with Crippen LogP contribution in [0.15, 0.2) is 35.3 Å². The first kappa shape index (κ1) is 17.1. The van der Waals surface area contributed by atoms with Crippen molar-refractivity contribution < 1.29 is 27.9 Å². The van der Waals surface area contributed by atoms with E-state index in [0.29, 0.717) is 11.3 Å². The normalized spacial score (nSPS) is 17.6. The summed E-state index contributed by atoms with van der Waals surface area (Å²) < 4.78 is 43.9. The van der Waals surface area contributed by atoms with E-state index >= 15 is 0 Å². The van der Waals surface area contributed by atoms with Crippen LogP contribution in [0.25, 0.3) is 0 Å². The van der Waals surface area contributed by atoms with Crippen molar-refractivity contribution in [2.24, 2.45) is 4.99 Å². The van der Waals surface area contributed by atoms with Crippen LogP contribution in [0.5, 0.6) is 11.6 Å². The first-order valence-electron chi connectivity index (χ1n) is 7.16. The highest BCUT2D eigenvalue weighted by Crippen LogP contribution is 2.33. The molecule has 0 saturated carbocycles. The van der Waals surface area contributed by atoms with Crippen molar-refractivity contribution in [1.29, 1.82) is 0 Å². The van der Waals surface area contributed by atoms with Gasteiger partial charge in [-0.1, -0.05) is 6.07 Å². The van der Waals surface area contributed by atoms with E-state index in [1.54, 1.807) is 13.0 Å². The van der Waals surface area contributed by atoms with Gasteiger partial charge in [0, 0.05) is 0 Å². The van der Waals surface area contributed by atoms with Crippen LogP contribution < -0.4 is 10.2 Å². The number of aliphatic hydroxyl groups excluding tert-OH is 1. The summed E-state index contributed by atoms with van der Waals surface area (Å²) in [7, 11) is 0. The summed E-state index contributed by atoms with van der Waals surface area (Å²) in [5.74, 6) is -0.000273. The van der Waals surface area contributed by atoms with Gasteiger partial charge in [0.05, 0.1) is 16.8 Å². The summed E-state index contributed by atoms with van der Waals surface area (Å²) in [4.78, 5) is 8.94. The Kier molecular flexibility index (Phi) is 4.55. The summed E-state index contributed by atoms with van der Waals surface area (Å²) >= 11 is 0. The second-order valence-electron chi connectivity index (χ2n) is 5.20. The highest BCUT2D eigenvalue weighted by molar-refractivity contribution is 6.00. The Hall–Kier alpha value is -2.72. The first-order chi connectivity index (χ1) is 11.8. The Morgan fingerprint density at radius 1 is 1.28 bits per heavy atom. The quantitative estimate of drug-likeness (QED) is 0.878. The Bertz CT molecular complexity index is 811. The fourth-order valence-electron chi connectivity index (χ4n) is 2.09. The second kappa shape index (κ2) is 6.65. The van der Waals surface area contributed by atoms with E-state index in [1.807, 2.05) is 0 Å². The zero-order valence-corrected chi connectivity index (χ0v) is 12.9. The minimum Gasteiger partial charge on any atom is -0.437 e. The molecule has 2 heterocycles. The summed E-state index contributed by atoms with van der Waals surface area (Å²) in [5, 5.41) is 17.3. The van der Waals surface area contributed by atoms with Crippen LogP contribution >= 0.6 is 0 Å². The van der Waals surface area contributed by atoms with Crippen molar-refractivity contribution in [2.45, 2.75) is 19.3 Å². The molecular formula is C15H13F3N4O3. The number of hydrogen-bond acceptors (Lipinski definition) is 7. The number of amidine groups is 1. The average molecular weight is 354 g/mol. The molecule has 0 saturated heterocycles. The van der Waals surface area contributed by atoms with Gasteiger partial charge < -0.3 is 9.84 Å². The highest BCUT2D eigenvalue weighted by atomic mass is 19.4. The Labute approximate surface area is 140 Å². The van der Waals surface area contributed by atoms with Crippen LogP contribution in [0.2, 0.25) is 0 Å². The molecule has 1 aromatic heterocycles. The molecule has 10 heteroatoms. The molecule has 0 radical (unpaired) electrons. The molecule has 7 nitrogen and oxygen atoms in total. The third kappa shape index (κ3) is 4.03. The molecule has 25 heavy (non-hydrogen) atoms. The van der Waals surface area contributed by atoms with Crippen molar-refractivity contribution in [3.05, 3.63) is 47.2 Å². The monoisotopic (exact) mass is 354 g/mol. The van der Waals surface area contributed by atoms with E-state index in [0.717, 1.165) is 12.1 Å². The van der Waals surface area contributed by atoms with Crippen molar-refractivity contribution in [3.63, 3.8) is 0 Å². The number of ether oxygens (including phenoxy) is 1. The van der Waals surface area contributed by atoms with E-state index in [4.69, 9.17) is 9.57 Å². The molecule has 1 aliphatic heterocycles. The van der Waals surface area contributed by atoms with Gasteiger partial charge in [-0.2, -0.15) is 18.3 Å². The van der Waals surface area contributed by atoms with Crippen molar-refractivity contribution in [2.75, 3.05) is 6.61 Å². The van der Waals surface area contributed by atoms with Crippen molar-refractivity contribution >= 4 is 5.84 Å². The van der Waals surface area contributed by atoms with Gasteiger partial charge in [-0.3, -0.25) is 4.84 Å². The number of aromatic nitrogens is 2. The number of benzene rings is 1. The number of rotatable bonds is 3. The smallest absolute Gasteiger partial charge is 0.416 e. The second-order valence-corrected chi connectivity index (χ2v) is 5.20. The van der Waals surface area contributed by atoms with E-state index in [1.165, 1.54) is 12.1 Å². The summed E-state index contributed by atoms with van der Waals surface area (Å²) in [6.07, 6.45) is -5.57. The molecule has 0 amide bonds. The standard InChI is InChI=1S/C15H13F3N4O3/c1-8-5-11(13-19-12(23)7-24-22-13)14(21-20-8)25-10-4-2-3-9(6-10)15(16,17)18/h2-6,12,23H,7H2,1H3,(H,19,22)/t12-/m1/s1. The van der Waals surface area contributed by atoms with E-state index in [2.05, 4.69) is 20.7 Å². The average Bonchev–Trinajstić information content (AvgIpc) is 2.56. The van der Waals surface area contributed by atoms with Crippen molar-refractivity contribution in [1.82, 2.24) is 15.7 Å². The lowest BCUT2D eigenvalue weighted by Crippen LogP contribution is -2.36. The number of nitrogens with one attached hydrogen (secondary N) is 1. The first-order valence-corrected chi connectivity index (χ1v) is 7.16. The fourth-order valence-corrected chi connectivity index (χ4v) is 2.09. The van der Waals surface area contributed by atoms with Gasteiger partial charge in [-0.25, -0.2) is 10.5 Å². The van der Waals surface area contributed by atoms with Gasteiger partial charge in [0.15, 0.2) is 12.1 Å². The van der Waals surface area contributed by atoms with Crippen LogP contribution in [0.1, 0.15) is 16.8 Å². The maximum absolute atomic E-state index is 12.8. The SMILES string of the molecule is Cc1cc(C2=N[C@H](O)CON2)c(Oc2cccc(C(F)(F)F)c2)nn1. The molecule has 1 aliphatic rings. The predicted octanol–water partition coefficient (Wildman–Crippen LogP) is 2.20.